The van der Waals surface area contributed by atoms with E-state index in [1.807, 2.05) is 87.0 Å². The lowest BCUT2D eigenvalue weighted by atomic mass is 10.1. The molecule has 12 aromatic rings. The molecular weight excluding hydrogens is 1040 g/mol. The fourth-order valence-electron chi connectivity index (χ4n) is 10.6. The van der Waals surface area contributed by atoms with Crippen LogP contribution in [0.4, 0.5) is 21.8 Å². The van der Waals surface area contributed by atoms with Gasteiger partial charge in [-0.1, -0.05) is 46.9 Å². The van der Waals surface area contributed by atoms with Gasteiger partial charge in [0, 0.05) is 64.0 Å². The molecule has 8 aromatic heterocycles. The number of fused-ring (bicyclic) bond motifs is 9. The Bertz CT molecular complexity index is 4660. The number of hydrogen-bond acceptors (Lipinski definition) is 12. The third-order valence-corrected chi connectivity index (χ3v) is 15.0. The lowest BCUT2D eigenvalue weighted by Gasteiger charge is -2.16. The molecule has 0 unspecified atom stereocenters. The van der Waals surface area contributed by atoms with Crippen molar-refractivity contribution in [2.75, 3.05) is 16.0 Å². The molecule has 77 heavy (non-hydrogen) atoms. The minimum absolute atomic E-state index is 0.154. The van der Waals surface area contributed by atoms with E-state index in [1.54, 1.807) is 64.0 Å². The third-order valence-electron chi connectivity index (χ3n) is 14.3. The Kier molecular flexibility index (Phi) is 11.4. The smallest absolute Gasteiger partial charge is 0.354 e. The van der Waals surface area contributed by atoms with E-state index < -0.39 is 29.3 Å². The summed E-state index contributed by atoms with van der Waals surface area (Å²) in [4.78, 5) is 65.2. The number of rotatable bonds is 12. The second-order valence-corrected chi connectivity index (χ2v) is 20.4. The van der Waals surface area contributed by atoms with Gasteiger partial charge in [0.05, 0.1) is 69.3 Å². The molecule has 8 heterocycles. The quantitative estimate of drug-likeness (QED) is 0.105. The molecule has 4 aromatic carbocycles. The van der Waals surface area contributed by atoms with Crippen LogP contribution in [0.3, 0.4) is 0 Å². The van der Waals surface area contributed by atoms with Gasteiger partial charge in [-0.25, -0.2) is 18.8 Å². The molecule has 384 valence electrons. The number of halogens is 4. The molecule has 0 spiro atoms. The van der Waals surface area contributed by atoms with Gasteiger partial charge in [-0.15, -0.1) is 0 Å². The Morgan fingerprint density at radius 3 is 1.99 bits per heavy atom. The summed E-state index contributed by atoms with van der Waals surface area (Å²) < 4.78 is 28.9. The van der Waals surface area contributed by atoms with Crippen LogP contribution in [-0.4, -0.2) is 60.0 Å². The number of nitrogens with one attached hydrogen (secondary N) is 3. The van der Waals surface area contributed by atoms with E-state index in [4.69, 9.17) is 44.2 Å². The van der Waals surface area contributed by atoms with Gasteiger partial charge in [-0.2, -0.15) is 15.0 Å². The van der Waals surface area contributed by atoms with Crippen LogP contribution < -0.4 is 33.0 Å². The molecule has 2 atom stereocenters. The molecule has 0 amide bonds. The number of alkyl halides is 1. The van der Waals surface area contributed by atoms with Crippen LogP contribution in [0.5, 0.6) is 0 Å². The number of anilines is 3. The average molecular weight is 1090 g/mol. The van der Waals surface area contributed by atoms with E-state index in [0.29, 0.717) is 108 Å². The van der Waals surface area contributed by atoms with Crippen molar-refractivity contribution < 1.29 is 8.81 Å². The molecule has 0 aliphatic heterocycles. The van der Waals surface area contributed by atoms with Crippen LogP contribution in [0.2, 0.25) is 15.1 Å². The van der Waals surface area contributed by atoms with Crippen LogP contribution in [-0.2, 0) is 26.7 Å². The lowest BCUT2D eigenvalue weighted by Crippen LogP contribution is -2.25. The molecule has 21 heteroatoms. The highest BCUT2D eigenvalue weighted by Crippen LogP contribution is 2.39. The molecule has 0 saturated heterocycles. The number of aryl methyl sites for hydroxylation is 4. The van der Waals surface area contributed by atoms with Crippen molar-refractivity contribution >= 4 is 118 Å². The van der Waals surface area contributed by atoms with Gasteiger partial charge < -0.3 is 29.5 Å². The molecule has 0 radical (unpaired) electrons. The Morgan fingerprint density at radius 1 is 0.662 bits per heavy atom. The summed E-state index contributed by atoms with van der Waals surface area (Å²) in [7, 11) is 1.91. The number of pyridine rings is 2. The zero-order valence-corrected chi connectivity index (χ0v) is 43.8. The fourth-order valence-corrected chi connectivity index (χ4v) is 11.2. The standard InChI is InChI=1S/C56H43Cl3FN13O4/c1-5-70-43-16-10-31(58)21-36(43)46-49(70)52(67-56(76)73(46)41-7-6-18-61-28(41)3)63-24-29-8-14-40(27(2)19-29)72-45-35-20-30(57)9-15-42(35)69(4)48(45)51(66-55(72)75)64-25-33-12-13-34(26-62-33)71-47-37-22-32(59)11-17-44(37)77-50(47)53(68-54(71)74)65-39-23-38(39)60/h6-22,26,38-39H,5,23-25H2,1-4H3,(H,63,67,76)(H,64,66,75)(H,65,68,74)/t38-,39+/m0/s1. The van der Waals surface area contributed by atoms with E-state index in [9.17, 15) is 18.8 Å². The first-order chi connectivity index (χ1) is 37.2. The van der Waals surface area contributed by atoms with E-state index in [-0.39, 0.29) is 17.9 Å². The topological polar surface area (TPSA) is 190 Å². The first-order valence-corrected chi connectivity index (χ1v) is 25.8. The number of benzene rings is 4. The van der Waals surface area contributed by atoms with E-state index in [0.717, 1.165) is 38.4 Å². The molecule has 13 rings (SSSR count). The highest BCUT2D eigenvalue weighted by molar-refractivity contribution is 6.33. The maximum absolute atomic E-state index is 14.6. The van der Waals surface area contributed by atoms with Gasteiger partial charge in [0.25, 0.3) is 0 Å². The highest BCUT2D eigenvalue weighted by Gasteiger charge is 2.39. The van der Waals surface area contributed by atoms with Crippen molar-refractivity contribution in [3.63, 3.8) is 0 Å². The maximum Gasteiger partial charge on any atom is 0.354 e. The molecule has 17 nitrogen and oxygen atoms in total. The van der Waals surface area contributed by atoms with Gasteiger partial charge in [0.15, 0.2) is 23.0 Å². The Morgan fingerprint density at radius 2 is 1.30 bits per heavy atom. The van der Waals surface area contributed by atoms with Crippen LogP contribution >= 0.6 is 34.8 Å². The van der Waals surface area contributed by atoms with Crippen molar-refractivity contribution in [3.8, 4) is 17.1 Å². The summed E-state index contributed by atoms with van der Waals surface area (Å²) in [6.45, 7) is 6.88. The predicted molar refractivity (Wildman–Crippen MR) is 301 cm³/mol. The van der Waals surface area contributed by atoms with Crippen LogP contribution in [0.15, 0.2) is 128 Å². The first kappa shape index (κ1) is 48.1. The van der Waals surface area contributed by atoms with Crippen molar-refractivity contribution in [1.29, 1.82) is 0 Å². The molecule has 1 fully saturated rings. The fraction of sp³-hybridized carbons (Fsp3) is 0.179. The Labute approximate surface area is 450 Å². The molecular formula is C56H43Cl3FN13O4. The monoisotopic (exact) mass is 1090 g/mol. The van der Waals surface area contributed by atoms with Crippen LogP contribution in [0, 0.1) is 13.8 Å². The molecule has 1 aliphatic rings. The Hall–Kier alpha value is -8.58. The Balaban J connectivity index is 0.833. The lowest BCUT2D eigenvalue weighted by molar-refractivity contribution is 0.472. The second kappa shape index (κ2) is 18.3. The SMILES string of the molecule is CCn1c2ccc(Cl)cc2c2c1c(NCc1ccc(-n3c(=O)nc(NCc4ccc(-n5c(=O)nc(N[C@@H]6C[C@@H]6F)c6oc7ccc(Cl)cc7c65)cn4)c4c3c3cc(Cl)ccc3n4C)c(C)c1)nc(=O)n2-c1cccnc1C. The zero-order valence-electron chi connectivity index (χ0n) is 41.5. The van der Waals surface area contributed by atoms with Crippen molar-refractivity contribution in [3.05, 3.63) is 178 Å². The van der Waals surface area contributed by atoms with Gasteiger partial charge in [-0.3, -0.25) is 23.7 Å². The van der Waals surface area contributed by atoms with Gasteiger partial charge in [-0.05, 0) is 117 Å². The third kappa shape index (κ3) is 7.96. The molecule has 1 saturated carbocycles. The van der Waals surface area contributed by atoms with Gasteiger partial charge >= 0.3 is 17.1 Å². The highest BCUT2D eigenvalue weighted by atomic mass is 35.5. The summed E-state index contributed by atoms with van der Waals surface area (Å²) in [5, 5.41) is 13.5. The number of nitrogens with zero attached hydrogens (tertiary/aromatic N) is 10. The van der Waals surface area contributed by atoms with Crippen LogP contribution in [0.1, 0.15) is 35.9 Å². The first-order valence-electron chi connectivity index (χ1n) is 24.7. The minimum atomic E-state index is -1.04. The van der Waals surface area contributed by atoms with Gasteiger partial charge in [0.2, 0.25) is 0 Å². The number of furan rings is 1. The summed E-state index contributed by atoms with van der Waals surface area (Å²) in [5.74, 6) is 0.892. The zero-order chi connectivity index (χ0) is 53.1. The predicted octanol–water partition coefficient (Wildman–Crippen LogP) is 11.1. The van der Waals surface area contributed by atoms with Crippen LogP contribution in [0.25, 0.3) is 83.0 Å². The van der Waals surface area contributed by atoms with Crippen molar-refractivity contribution in [1.82, 2.24) is 47.8 Å². The maximum atomic E-state index is 14.6. The van der Waals surface area contributed by atoms with Gasteiger partial charge in [0.1, 0.15) is 28.3 Å². The van der Waals surface area contributed by atoms with Crippen molar-refractivity contribution in [2.24, 2.45) is 7.05 Å². The normalized spacial score (nSPS) is 14.5. The molecule has 3 N–H and O–H groups in total. The number of hydrogen-bond donors (Lipinski definition) is 3. The summed E-state index contributed by atoms with van der Waals surface area (Å²) >= 11 is 19.7. The van der Waals surface area contributed by atoms with E-state index in [2.05, 4.69) is 40.5 Å². The summed E-state index contributed by atoms with van der Waals surface area (Å²) in [6, 6.07) is 28.8. The average Bonchev–Trinajstić information content (AvgIpc) is 3.79. The number of aromatic nitrogens is 10. The van der Waals surface area contributed by atoms with E-state index in [1.165, 1.54) is 4.57 Å². The second-order valence-electron chi connectivity index (χ2n) is 19.1. The minimum Gasteiger partial charge on any atom is -0.450 e. The summed E-state index contributed by atoms with van der Waals surface area (Å²) in [6.07, 6.45) is 2.51. The van der Waals surface area contributed by atoms with Crippen molar-refractivity contribution in [2.45, 2.75) is 59.0 Å². The van der Waals surface area contributed by atoms with E-state index >= 15 is 0 Å². The molecule has 0 bridgehead atoms. The summed E-state index contributed by atoms with van der Waals surface area (Å²) in [5.41, 5.74) is 8.49. The largest absolute Gasteiger partial charge is 0.450 e. The molecule has 1 aliphatic carbocycles.